The third-order valence-electron chi connectivity index (χ3n) is 4.32. The van der Waals surface area contributed by atoms with Crippen LogP contribution in [0.1, 0.15) is 46.0 Å². The number of ether oxygens (including phenoxy) is 3. The lowest BCUT2D eigenvalue weighted by Gasteiger charge is -2.34. The van der Waals surface area contributed by atoms with Crippen molar-refractivity contribution in [1.29, 1.82) is 0 Å². The van der Waals surface area contributed by atoms with Crippen molar-refractivity contribution in [2.24, 2.45) is 0 Å². The van der Waals surface area contributed by atoms with E-state index in [1.54, 1.807) is 11.8 Å². The van der Waals surface area contributed by atoms with Gasteiger partial charge < -0.3 is 19.1 Å². The maximum absolute atomic E-state index is 12.5. The van der Waals surface area contributed by atoms with E-state index in [1.165, 1.54) is 0 Å². The Balaban J connectivity index is 1.81. The number of likely N-dealkylation sites (tertiary alicyclic amines) is 1. The molecular formula is C20H29NO5. The van der Waals surface area contributed by atoms with E-state index in [1.807, 2.05) is 31.2 Å². The molecule has 26 heavy (non-hydrogen) atoms. The van der Waals surface area contributed by atoms with Crippen LogP contribution in [0.25, 0.3) is 0 Å². The molecule has 0 radical (unpaired) electrons. The van der Waals surface area contributed by atoms with Gasteiger partial charge in [-0.05, 0) is 51.7 Å². The fraction of sp³-hybridized carbons (Fsp3) is 0.600. The van der Waals surface area contributed by atoms with Gasteiger partial charge in [0, 0.05) is 13.0 Å². The van der Waals surface area contributed by atoms with Crippen LogP contribution in [0, 0.1) is 0 Å². The summed E-state index contributed by atoms with van der Waals surface area (Å²) >= 11 is 0. The van der Waals surface area contributed by atoms with Crippen molar-refractivity contribution in [1.82, 2.24) is 4.90 Å². The number of para-hydroxylation sites is 2. The van der Waals surface area contributed by atoms with E-state index < -0.39 is 6.04 Å². The van der Waals surface area contributed by atoms with E-state index >= 15 is 0 Å². The summed E-state index contributed by atoms with van der Waals surface area (Å²) in [7, 11) is 0. The molecule has 144 valence electrons. The molecule has 1 amide bonds. The summed E-state index contributed by atoms with van der Waals surface area (Å²) in [5, 5.41) is 0. The van der Waals surface area contributed by atoms with Gasteiger partial charge in [0.25, 0.3) is 0 Å². The first-order chi connectivity index (χ1) is 12.7. The van der Waals surface area contributed by atoms with E-state index in [0.717, 1.165) is 12.8 Å². The lowest BCUT2D eigenvalue weighted by molar-refractivity contribution is -0.156. The zero-order valence-electron chi connectivity index (χ0n) is 15.7. The van der Waals surface area contributed by atoms with Gasteiger partial charge in [-0.25, -0.2) is 4.79 Å². The summed E-state index contributed by atoms with van der Waals surface area (Å²) in [6, 6.07) is 7.07. The lowest BCUT2D eigenvalue weighted by atomic mass is 10.0. The fourth-order valence-electron chi connectivity index (χ4n) is 3.11. The van der Waals surface area contributed by atoms with Crippen LogP contribution in [0.3, 0.4) is 0 Å². The second-order valence-corrected chi connectivity index (χ2v) is 6.18. The molecule has 0 bridgehead atoms. The van der Waals surface area contributed by atoms with E-state index in [-0.39, 0.29) is 11.9 Å². The summed E-state index contributed by atoms with van der Waals surface area (Å²) in [6.07, 6.45) is 3.51. The average Bonchev–Trinajstić information content (AvgIpc) is 2.66. The monoisotopic (exact) mass is 363 g/mol. The van der Waals surface area contributed by atoms with E-state index in [2.05, 4.69) is 0 Å². The minimum absolute atomic E-state index is 0.00977. The van der Waals surface area contributed by atoms with Gasteiger partial charge in [-0.15, -0.1) is 0 Å². The largest absolute Gasteiger partial charge is 0.490 e. The Hall–Kier alpha value is -2.24. The van der Waals surface area contributed by atoms with Crippen molar-refractivity contribution in [3.05, 3.63) is 24.3 Å². The van der Waals surface area contributed by atoms with Crippen LogP contribution < -0.4 is 9.47 Å². The molecule has 2 rings (SSSR count). The first kappa shape index (κ1) is 20.1. The highest BCUT2D eigenvalue weighted by Gasteiger charge is 2.32. The number of nitrogens with zero attached hydrogens (tertiary/aromatic N) is 1. The molecule has 1 fully saturated rings. The normalized spacial score (nSPS) is 16.8. The minimum atomic E-state index is -0.434. The zero-order chi connectivity index (χ0) is 18.8. The number of hydrogen-bond acceptors (Lipinski definition) is 5. The quantitative estimate of drug-likeness (QED) is 0.498. The molecule has 1 unspecified atom stereocenters. The smallest absolute Gasteiger partial charge is 0.328 e. The number of benzene rings is 1. The van der Waals surface area contributed by atoms with Crippen LogP contribution in [0.2, 0.25) is 0 Å². The third-order valence-corrected chi connectivity index (χ3v) is 4.32. The highest BCUT2D eigenvalue weighted by atomic mass is 16.5. The molecule has 1 heterocycles. The second-order valence-electron chi connectivity index (χ2n) is 6.18. The predicted molar refractivity (Wildman–Crippen MR) is 98.3 cm³/mol. The SMILES string of the molecule is CCOC(=O)C1CCCCN1C(=O)CCCOc1ccccc1OCC. The summed E-state index contributed by atoms with van der Waals surface area (Å²) < 4.78 is 16.4. The number of amides is 1. The lowest BCUT2D eigenvalue weighted by Crippen LogP contribution is -2.48. The minimum Gasteiger partial charge on any atom is -0.490 e. The maximum Gasteiger partial charge on any atom is 0.328 e. The first-order valence-electron chi connectivity index (χ1n) is 9.48. The fourth-order valence-corrected chi connectivity index (χ4v) is 3.11. The standard InChI is InChI=1S/C20H29NO5/c1-3-24-17-11-5-6-12-18(17)26-15-9-13-19(22)21-14-8-7-10-16(21)20(23)25-4-2/h5-6,11-12,16H,3-4,7-10,13-15H2,1-2H3. The van der Waals surface area contributed by atoms with Crippen molar-refractivity contribution in [3.63, 3.8) is 0 Å². The van der Waals surface area contributed by atoms with E-state index in [9.17, 15) is 9.59 Å². The van der Waals surface area contributed by atoms with Gasteiger partial charge in [0.1, 0.15) is 6.04 Å². The van der Waals surface area contributed by atoms with Gasteiger partial charge in [-0.2, -0.15) is 0 Å². The van der Waals surface area contributed by atoms with Crippen molar-refractivity contribution < 1.29 is 23.8 Å². The van der Waals surface area contributed by atoms with Crippen LogP contribution in [-0.4, -0.2) is 49.2 Å². The molecule has 6 heteroatoms. The summed E-state index contributed by atoms with van der Waals surface area (Å²) in [5.41, 5.74) is 0. The molecule has 0 N–H and O–H groups in total. The molecule has 0 aromatic heterocycles. The Labute approximate surface area is 155 Å². The van der Waals surface area contributed by atoms with Crippen molar-refractivity contribution in [2.45, 2.75) is 52.0 Å². The number of carbonyl (C=O) groups excluding carboxylic acids is 2. The van der Waals surface area contributed by atoms with Crippen LogP contribution in [-0.2, 0) is 14.3 Å². The Morgan fingerprint density at radius 3 is 2.50 bits per heavy atom. The van der Waals surface area contributed by atoms with Gasteiger partial charge in [0.05, 0.1) is 19.8 Å². The summed E-state index contributed by atoms with van der Waals surface area (Å²) in [5.74, 6) is 1.09. The predicted octanol–water partition coefficient (Wildman–Crippen LogP) is 3.19. The molecule has 1 saturated heterocycles. The Bertz CT molecular complexity index is 589. The molecule has 1 aromatic carbocycles. The first-order valence-corrected chi connectivity index (χ1v) is 9.48. The number of esters is 1. The molecule has 6 nitrogen and oxygen atoms in total. The highest BCUT2D eigenvalue weighted by Crippen LogP contribution is 2.26. The topological polar surface area (TPSA) is 65.1 Å². The molecule has 0 saturated carbocycles. The number of piperidine rings is 1. The Morgan fingerprint density at radius 2 is 1.81 bits per heavy atom. The summed E-state index contributed by atoms with van der Waals surface area (Å²) in [6.45, 7) is 5.66. The van der Waals surface area contributed by atoms with Gasteiger partial charge in [0.15, 0.2) is 11.5 Å². The zero-order valence-corrected chi connectivity index (χ0v) is 15.7. The highest BCUT2D eigenvalue weighted by molar-refractivity contribution is 5.84. The number of rotatable bonds is 9. The van der Waals surface area contributed by atoms with Crippen molar-refractivity contribution in [2.75, 3.05) is 26.4 Å². The van der Waals surface area contributed by atoms with Gasteiger partial charge in [0.2, 0.25) is 5.91 Å². The van der Waals surface area contributed by atoms with Crippen molar-refractivity contribution >= 4 is 11.9 Å². The average molecular weight is 363 g/mol. The van der Waals surface area contributed by atoms with Crippen LogP contribution in [0.5, 0.6) is 11.5 Å². The Morgan fingerprint density at radius 1 is 1.08 bits per heavy atom. The summed E-state index contributed by atoms with van der Waals surface area (Å²) in [4.78, 5) is 26.3. The molecule has 1 aromatic rings. The number of carbonyl (C=O) groups is 2. The molecular weight excluding hydrogens is 334 g/mol. The van der Waals surface area contributed by atoms with Crippen LogP contribution >= 0.6 is 0 Å². The van der Waals surface area contributed by atoms with Gasteiger partial charge in [-0.1, -0.05) is 12.1 Å². The van der Waals surface area contributed by atoms with Crippen LogP contribution in [0.15, 0.2) is 24.3 Å². The maximum atomic E-state index is 12.5. The third kappa shape index (κ3) is 5.64. The van der Waals surface area contributed by atoms with Crippen molar-refractivity contribution in [3.8, 4) is 11.5 Å². The Kier molecular flexibility index (Phi) is 8.25. The van der Waals surface area contributed by atoms with Gasteiger partial charge >= 0.3 is 5.97 Å². The molecule has 1 atom stereocenters. The number of hydrogen-bond donors (Lipinski definition) is 0. The van der Waals surface area contributed by atoms with E-state index in [0.29, 0.717) is 57.1 Å². The van der Waals surface area contributed by atoms with E-state index in [4.69, 9.17) is 14.2 Å². The van der Waals surface area contributed by atoms with Crippen LogP contribution in [0.4, 0.5) is 0 Å². The molecule has 1 aliphatic rings. The molecule has 0 aliphatic carbocycles. The second kappa shape index (κ2) is 10.7. The molecule has 1 aliphatic heterocycles. The molecule has 0 spiro atoms. The van der Waals surface area contributed by atoms with Gasteiger partial charge in [-0.3, -0.25) is 4.79 Å².